The van der Waals surface area contributed by atoms with Crippen molar-refractivity contribution in [2.24, 2.45) is 0 Å². The van der Waals surface area contributed by atoms with Crippen LogP contribution in [0.25, 0.3) is 0 Å². The maximum atomic E-state index is 11.3. The molecule has 2 aromatic rings. The van der Waals surface area contributed by atoms with Crippen molar-refractivity contribution in [1.82, 2.24) is 0 Å². The van der Waals surface area contributed by atoms with Gasteiger partial charge in [0.25, 0.3) is 0 Å². The van der Waals surface area contributed by atoms with Gasteiger partial charge in [0.1, 0.15) is 18.3 Å². The number of hydrogen-bond acceptors (Lipinski definition) is 4. The molecule has 2 aromatic carbocycles. The Morgan fingerprint density at radius 1 is 1.00 bits per heavy atom. The van der Waals surface area contributed by atoms with Crippen LogP contribution in [0.2, 0.25) is 0 Å². The first-order chi connectivity index (χ1) is 11.6. The van der Waals surface area contributed by atoms with Crippen molar-refractivity contribution in [3.8, 4) is 11.5 Å². The predicted octanol–water partition coefficient (Wildman–Crippen LogP) is 3.57. The zero-order valence-electron chi connectivity index (χ0n) is 14.1. The fraction of sp³-hybridized carbons (Fsp3) is 0.300. The number of carbonyl (C=O) groups is 2. The molecule has 1 heterocycles. The van der Waals surface area contributed by atoms with Crippen LogP contribution in [-0.4, -0.2) is 24.3 Å². The highest BCUT2D eigenvalue weighted by Crippen LogP contribution is 2.30. The van der Waals surface area contributed by atoms with E-state index in [-0.39, 0.29) is 11.5 Å². The summed E-state index contributed by atoms with van der Waals surface area (Å²) in [5.74, 6) is 1.47. The second-order valence-electron chi connectivity index (χ2n) is 5.88. The van der Waals surface area contributed by atoms with Gasteiger partial charge < -0.3 is 14.6 Å². The number of benzene rings is 2. The number of aryl methyl sites for hydroxylation is 2. The van der Waals surface area contributed by atoms with Crippen LogP contribution in [0.15, 0.2) is 30.3 Å². The minimum absolute atomic E-state index is 0.165. The molecule has 0 fully saturated rings. The van der Waals surface area contributed by atoms with Crippen LogP contribution in [0.5, 0.6) is 11.5 Å². The maximum absolute atomic E-state index is 11.3. The average Bonchev–Trinajstić information content (AvgIpc) is 3.20. The number of phenolic OH excluding ortho intramolecular Hbond substituents is 1. The molecule has 0 saturated heterocycles. The molecule has 4 rings (SSSR count). The van der Waals surface area contributed by atoms with Crippen LogP contribution in [0.4, 0.5) is 0 Å². The molecule has 0 radical (unpaired) electrons. The van der Waals surface area contributed by atoms with Crippen LogP contribution >= 0.6 is 0 Å². The van der Waals surface area contributed by atoms with Crippen LogP contribution in [0.1, 0.15) is 39.0 Å². The van der Waals surface area contributed by atoms with Crippen molar-refractivity contribution in [3.05, 3.63) is 58.1 Å². The summed E-state index contributed by atoms with van der Waals surface area (Å²) in [6.07, 6.45) is 2.51. The Morgan fingerprint density at radius 3 is 2.50 bits per heavy atom. The van der Waals surface area contributed by atoms with Gasteiger partial charge in [0, 0.05) is 24.0 Å². The van der Waals surface area contributed by atoms with Gasteiger partial charge in [0.05, 0.1) is 6.61 Å². The lowest BCUT2D eigenvalue weighted by Gasteiger charge is -2.03. The van der Waals surface area contributed by atoms with Crippen LogP contribution < -0.4 is 4.74 Å². The summed E-state index contributed by atoms with van der Waals surface area (Å²) in [4.78, 5) is 19.3. The van der Waals surface area contributed by atoms with E-state index in [1.54, 1.807) is 13.0 Å². The number of rotatable bonds is 0. The van der Waals surface area contributed by atoms with Gasteiger partial charge in [-0.15, -0.1) is 0 Å². The molecule has 0 amide bonds. The molecule has 2 aliphatic rings. The van der Waals surface area contributed by atoms with E-state index in [1.807, 2.05) is 12.9 Å². The van der Waals surface area contributed by atoms with Gasteiger partial charge in [-0.1, -0.05) is 23.8 Å². The van der Waals surface area contributed by atoms with Crippen LogP contribution in [0, 0.1) is 13.8 Å². The Labute approximate surface area is 142 Å². The Bertz CT molecular complexity index is 750. The summed E-state index contributed by atoms with van der Waals surface area (Å²) in [5, 5.41) is 9.35. The van der Waals surface area contributed by atoms with Crippen molar-refractivity contribution in [3.63, 3.8) is 0 Å². The quantitative estimate of drug-likeness (QED) is 0.804. The lowest BCUT2D eigenvalue weighted by molar-refractivity contribution is -0.0980. The molecule has 0 atom stereocenters. The highest BCUT2D eigenvalue weighted by atomic mass is 16.5. The standard InChI is InChI=1S/C10H10O2.C9H10O.CH2O/c1-6-8(11)4-2-7-3-5-9(12)10(6)7;1-7-2-3-9-8(6-7)4-5-10-9;1-2/h2,4,11H,3,5H2,1H3;2-3,6H,4-5H2,1H3;1H2. The van der Waals surface area contributed by atoms with Crippen LogP contribution in [-0.2, 0) is 17.6 Å². The fourth-order valence-corrected chi connectivity index (χ4v) is 3.04. The highest BCUT2D eigenvalue weighted by molar-refractivity contribution is 6.02. The Hall–Kier alpha value is -2.62. The third-order valence-electron chi connectivity index (χ3n) is 4.27. The third-order valence-corrected chi connectivity index (χ3v) is 4.27. The molecule has 0 aromatic heterocycles. The number of aromatic hydroxyl groups is 1. The van der Waals surface area contributed by atoms with Crippen molar-refractivity contribution >= 4 is 12.6 Å². The van der Waals surface area contributed by atoms with E-state index in [1.165, 1.54) is 11.1 Å². The third kappa shape index (κ3) is 3.65. The molecule has 0 bridgehead atoms. The molecule has 1 N–H and O–H groups in total. The summed E-state index contributed by atoms with van der Waals surface area (Å²) in [7, 11) is 0. The van der Waals surface area contributed by atoms with Gasteiger partial charge in [-0.25, -0.2) is 0 Å². The first-order valence-electron chi connectivity index (χ1n) is 7.92. The van der Waals surface area contributed by atoms with E-state index in [4.69, 9.17) is 9.53 Å². The zero-order chi connectivity index (χ0) is 17.7. The molecule has 0 spiro atoms. The van der Waals surface area contributed by atoms with E-state index in [0.29, 0.717) is 6.42 Å². The van der Waals surface area contributed by atoms with Gasteiger partial charge in [0.15, 0.2) is 5.78 Å². The summed E-state index contributed by atoms with van der Waals surface area (Å²) < 4.78 is 5.35. The lowest BCUT2D eigenvalue weighted by atomic mass is 10.0. The van der Waals surface area contributed by atoms with E-state index >= 15 is 0 Å². The van der Waals surface area contributed by atoms with E-state index < -0.39 is 0 Å². The Morgan fingerprint density at radius 2 is 1.75 bits per heavy atom. The molecular formula is C20H22O4. The van der Waals surface area contributed by atoms with Gasteiger partial charge in [-0.05, 0) is 43.5 Å². The SMILES string of the molecule is C=O.Cc1c(O)ccc2c1C(=O)CC2.Cc1ccc2c(c1)CCO2. The molecule has 1 aliphatic heterocycles. The smallest absolute Gasteiger partial charge is 0.163 e. The van der Waals surface area contributed by atoms with Gasteiger partial charge in [0.2, 0.25) is 0 Å². The highest BCUT2D eigenvalue weighted by Gasteiger charge is 2.22. The average molecular weight is 326 g/mol. The summed E-state index contributed by atoms with van der Waals surface area (Å²) in [5.41, 5.74) is 5.24. The van der Waals surface area contributed by atoms with Crippen LogP contribution in [0.3, 0.4) is 0 Å². The lowest BCUT2D eigenvalue weighted by Crippen LogP contribution is -1.95. The van der Waals surface area contributed by atoms with Crippen molar-refractivity contribution in [2.75, 3.05) is 6.61 Å². The number of hydrogen-bond donors (Lipinski definition) is 1. The largest absolute Gasteiger partial charge is 0.508 e. The number of ketones is 1. The number of ether oxygens (including phenoxy) is 1. The molecule has 0 saturated carbocycles. The number of Topliss-reactive ketones (excluding diaryl/α,β-unsaturated/α-hetero) is 1. The van der Waals surface area contributed by atoms with Gasteiger partial charge in [-0.3, -0.25) is 4.79 Å². The second kappa shape index (κ2) is 7.77. The molecule has 24 heavy (non-hydrogen) atoms. The molecule has 126 valence electrons. The van der Waals surface area contributed by atoms with Crippen molar-refractivity contribution in [2.45, 2.75) is 33.1 Å². The predicted molar refractivity (Wildman–Crippen MR) is 93.0 cm³/mol. The molecule has 1 aliphatic carbocycles. The minimum Gasteiger partial charge on any atom is -0.508 e. The fourth-order valence-electron chi connectivity index (χ4n) is 3.04. The van der Waals surface area contributed by atoms with Crippen molar-refractivity contribution in [1.29, 1.82) is 0 Å². The minimum atomic E-state index is 0.165. The van der Waals surface area contributed by atoms with Crippen molar-refractivity contribution < 1.29 is 19.4 Å². The first-order valence-corrected chi connectivity index (χ1v) is 7.92. The topological polar surface area (TPSA) is 63.6 Å². The number of carbonyl (C=O) groups excluding carboxylic acids is 2. The van der Waals surface area contributed by atoms with E-state index in [2.05, 4.69) is 25.1 Å². The molecule has 0 unspecified atom stereocenters. The first kappa shape index (κ1) is 17.7. The molecular weight excluding hydrogens is 304 g/mol. The normalized spacial score (nSPS) is 13.7. The van der Waals surface area contributed by atoms with Gasteiger partial charge >= 0.3 is 0 Å². The van der Waals surface area contributed by atoms with E-state index in [0.717, 1.165) is 41.9 Å². The summed E-state index contributed by atoms with van der Waals surface area (Å²) in [6.45, 7) is 6.76. The Balaban J connectivity index is 0.000000160. The second-order valence-corrected chi connectivity index (χ2v) is 5.88. The molecule has 4 heteroatoms. The monoisotopic (exact) mass is 326 g/mol. The molecule has 4 nitrogen and oxygen atoms in total. The number of phenols is 1. The number of fused-ring (bicyclic) bond motifs is 2. The van der Waals surface area contributed by atoms with E-state index in [9.17, 15) is 9.90 Å². The summed E-state index contributed by atoms with van der Waals surface area (Å²) >= 11 is 0. The summed E-state index contributed by atoms with van der Waals surface area (Å²) in [6, 6.07) is 9.83. The Kier molecular flexibility index (Phi) is 5.74. The zero-order valence-corrected chi connectivity index (χ0v) is 14.1. The maximum Gasteiger partial charge on any atom is 0.163 e. The van der Waals surface area contributed by atoms with Gasteiger partial charge in [-0.2, -0.15) is 0 Å².